The zero-order chi connectivity index (χ0) is 16.9. The predicted molar refractivity (Wildman–Crippen MR) is 96.7 cm³/mol. The lowest BCUT2D eigenvalue weighted by atomic mass is 10.2. The van der Waals surface area contributed by atoms with Gasteiger partial charge in [0.15, 0.2) is 0 Å². The number of aryl methyl sites for hydroxylation is 2. The third-order valence-electron chi connectivity index (χ3n) is 4.30. The van der Waals surface area contributed by atoms with Gasteiger partial charge >= 0.3 is 0 Å². The number of amides is 1. The summed E-state index contributed by atoms with van der Waals surface area (Å²) in [5, 5.41) is 12.5. The van der Waals surface area contributed by atoms with Crippen molar-refractivity contribution in [3.63, 3.8) is 0 Å². The van der Waals surface area contributed by atoms with Crippen molar-refractivity contribution >= 4 is 22.9 Å². The van der Waals surface area contributed by atoms with Gasteiger partial charge in [0.2, 0.25) is 5.91 Å². The molecule has 0 bridgehead atoms. The van der Waals surface area contributed by atoms with Crippen LogP contribution in [0.25, 0.3) is 0 Å². The second-order valence-corrected chi connectivity index (χ2v) is 7.06. The molecule has 1 saturated heterocycles. The number of carbonyl (C=O) groups is 1. The maximum Gasteiger partial charge on any atom is 0.222 e. The minimum absolute atomic E-state index is 0.244. The molecule has 1 aliphatic rings. The molecule has 2 aromatic rings. The molecule has 1 fully saturated rings. The average Bonchev–Trinajstić information content (AvgIpc) is 3.01. The van der Waals surface area contributed by atoms with Crippen molar-refractivity contribution in [2.45, 2.75) is 26.2 Å². The highest BCUT2D eigenvalue weighted by atomic mass is 32.1. The molecular formula is C18H23N3O2S. The number of phenols is 1. The number of rotatable bonds is 5. The van der Waals surface area contributed by atoms with Crippen LogP contribution in [0.3, 0.4) is 0 Å². The lowest BCUT2D eigenvalue weighted by molar-refractivity contribution is -0.131. The number of carbonyl (C=O) groups excluding carboxylic acids is 1. The molecule has 0 saturated carbocycles. The molecule has 0 atom stereocenters. The molecule has 2 heterocycles. The summed E-state index contributed by atoms with van der Waals surface area (Å²) >= 11 is 1.68. The van der Waals surface area contributed by atoms with Crippen LogP contribution in [0, 0.1) is 6.92 Å². The third kappa shape index (κ3) is 4.26. The minimum atomic E-state index is 0.244. The average molecular weight is 345 g/mol. The minimum Gasteiger partial charge on any atom is -0.508 e. The fourth-order valence-electron chi connectivity index (χ4n) is 2.94. The Morgan fingerprint density at radius 2 is 1.92 bits per heavy atom. The second kappa shape index (κ2) is 7.66. The van der Waals surface area contributed by atoms with Crippen LogP contribution in [0.15, 0.2) is 29.6 Å². The maximum absolute atomic E-state index is 12.3. The van der Waals surface area contributed by atoms with Gasteiger partial charge in [-0.2, -0.15) is 0 Å². The first kappa shape index (κ1) is 16.8. The van der Waals surface area contributed by atoms with Gasteiger partial charge < -0.3 is 14.9 Å². The van der Waals surface area contributed by atoms with Crippen LogP contribution in [0.1, 0.15) is 23.5 Å². The Labute approximate surface area is 146 Å². The fourth-order valence-corrected chi connectivity index (χ4v) is 3.76. The Balaban J connectivity index is 1.42. The second-order valence-electron chi connectivity index (χ2n) is 6.12. The van der Waals surface area contributed by atoms with Gasteiger partial charge in [-0.1, -0.05) is 0 Å². The summed E-state index contributed by atoms with van der Waals surface area (Å²) < 4.78 is 0. The van der Waals surface area contributed by atoms with Crippen LogP contribution in [0.4, 0.5) is 5.69 Å². The summed E-state index contributed by atoms with van der Waals surface area (Å²) in [5.41, 5.74) is 2.16. The first-order valence-electron chi connectivity index (χ1n) is 8.34. The molecule has 0 unspecified atom stereocenters. The summed E-state index contributed by atoms with van der Waals surface area (Å²) in [7, 11) is 0. The van der Waals surface area contributed by atoms with Crippen LogP contribution in [-0.2, 0) is 11.2 Å². The molecule has 0 spiro atoms. The molecule has 1 amide bonds. The Morgan fingerprint density at radius 3 is 2.54 bits per heavy atom. The van der Waals surface area contributed by atoms with E-state index in [-0.39, 0.29) is 11.7 Å². The Kier molecular flexibility index (Phi) is 5.35. The van der Waals surface area contributed by atoms with Gasteiger partial charge in [-0.3, -0.25) is 4.79 Å². The lowest BCUT2D eigenvalue weighted by Crippen LogP contribution is -2.48. The van der Waals surface area contributed by atoms with Crippen molar-refractivity contribution in [3.8, 4) is 5.75 Å². The zero-order valence-corrected chi connectivity index (χ0v) is 14.8. The highest BCUT2D eigenvalue weighted by molar-refractivity contribution is 7.09. The summed E-state index contributed by atoms with van der Waals surface area (Å²) in [6, 6.07) is 7.24. The Hall–Kier alpha value is -2.08. The van der Waals surface area contributed by atoms with E-state index in [9.17, 15) is 9.90 Å². The van der Waals surface area contributed by atoms with E-state index in [1.54, 1.807) is 23.5 Å². The van der Waals surface area contributed by atoms with Gasteiger partial charge in [0.05, 0.1) is 5.01 Å². The van der Waals surface area contributed by atoms with Crippen LogP contribution >= 0.6 is 11.3 Å². The van der Waals surface area contributed by atoms with Crippen LogP contribution in [-0.4, -0.2) is 47.1 Å². The summed E-state index contributed by atoms with van der Waals surface area (Å²) in [5.74, 6) is 0.525. The number of aromatic hydroxyl groups is 1. The van der Waals surface area contributed by atoms with E-state index in [0.717, 1.165) is 55.4 Å². The number of anilines is 1. The van der Waals surface area contributed by atoms with Gasteiger partial charge in [0, 0.05) is 49.4 Å². The predicted octanol–water partition coefficient (Wildman–Crippen LogP) is 2.83. The van der Waals surface area contributed by atoms with E-state index in [1.807, 2.05) is 24.0 Å². The van der Waals surface area contributed by atoms with E-state index in [0.29, 0.717) is 6.42 Å². The zero-order valence-electron chi connectivity index (χ0n) is 13.9. The SMILES string of the molecule is Cc1csc(CCCC(=O)N2CCN(c3ccc(O)cc3)CC2)n1. The molecule has 24 heavy (non-hydrogen) atoms. The molecule has 5 nitrogen and oxygen atoms in total. The van der Waals surface area contributed by atoms with Crippen LogP contribution in [0.5, 0.6) is 5.75 Å². The van der Waals surface area contributed by atoms with Gasteiger partial charge in [-0.25, -0.2) is 4.98 Å². The number of thiazole rings is 1. The highest BCUT2D eigenvalue weighted by Crippen LogP contribution is 2.20. The molecule has 0 aliphatic carbocycles. The van der Waals surface area contributed by atoms with E-state index >= 15 is 0 Å². The number of benzene rings is 1. The highest BCUT2D eigenvalue weighted by Gasteiger charge is 2.21. The number of aromatic nitrogens is 1. The summed E-state index contributed by atoms with van der Waals surface area (Å²) in [4.78, 5) is 21.0. The molecule has 3 rings (SSSR count). The molecule has 6 heteroatoms. The Morgan fingerprint density at radius 1 is 1.21 bits per heavy atom. The molecule has 1 aliphatic heterocycles. The van der Waals surface area contributed by atoms with Crippen LogP contribution in [0.2, 0.25) is 0 Å². The van der Waals surface area contributed by atoms with Crippen molar-refractivity contribution in [2.24, 2.45) is 0 Å². The summed E-state index contributed by atoms with van der Waals surface area (Å²) in [6.45, 7) is 5.19. The fraction of sp³-hybridized carbons (Fsp3) is 0.444. The van der Waals surface area contributed by atoms with Crippen molar-refractivity contribution in [3.05, 3.63) is 40.3 Å². The quantitative estimate of drug-likeness (QED) is 0.905. The Bertz CT molecular complexity index is 676. The molecular weight excluding hydrogens is 322 g/mol. The first-order valence-corrected chi connectivity index (χ1v) is 9.22. The number of hydrogen-bond acceptors (Lipinski definition) is 5. The molecule has 1 N–H and O–H groups in total. The lowest BCUT2D eigenvalue weighted by Gasteiger charge is -2.36. The topological polar surface area (TPSA) is 56.7 Å². The van der Waals surface area contributed by atoms with E-state index < -0.39 is 0 Å². The van der Waals surface area contributed by atoms with Gasteiger partial charge in [-0.05, 0) is 44.0 Å². The normalized spacial score (nSPS) is 14.9. The largest absolute Gasteiger partial charge is 0.508 e. The molecule has 0 radical (unpaired) electrons. The van der Waals surface area contributed by atoms with Crippen molar-refractivity contribution in [1.29, 1.82) is 0 Å². The van der Waals surface area contributed by atoms with E-state index in [2.05, 4.69) is 15.3 Å². The van der Waals surface area contributed by atoms with Crippen molar-refractivity contribution in [1.82, 2.24) is 9.88 Å². The third-order valence-corrected chi connectivity index (χ3v) is 5.32. The van der Waals surface area contributed by atoms with Crippen molar-refractivity contribution in [2.75, 3.05) is 31.1 Å². The molecule has 1 aromatic heterocycles. The number of nitrogens with zero attached hydrogens (tertiary/aromatic N) is 3. The molecule has 1 aromatic carbocycles. The van der Waals surface area contributed by atoms with Gasteiger partial charge in [0.25, 0.3) is 0 Å². The molecule has 128 valence electrons. The van der Waals surface area contributed by atoms with Crippen molar-refractivity contribution < 1.29 is 9.90 Å². The standard InChI is InChI=1S/C18H23N3O2S/c1-14-13-24-17(19-14)3-2-4-18(23)21-11-9-20(10-12-21)15-5-7-16(22)8-6-15/h5-8,13,22H,2-4,9-12H2,1H3. The summed E-state index contributed by atoms with van der Waals surface area (Å²) in [6.07, 6.45) is 2.35. The number of phenolic OH excluding ortho intramolecular Hbond substituents is 1. The maximum atomic E-state index is 12.3. The van der Waals surface area contributed by atoms with E-state index in [4.69, 9.17) is 0 Å². The number of piperazine rings is 1. The van der Waals surface area contributed by atoms with Gasteiger partial charge in [0.1, 0.15) is 5.75 Å². The van der Waals surface area contributed by atoms with Gasteiger partial charge in [-0.15, -0.1) is 11.3 Å². The number of hydrogen-bond donors (Lipinski definition) is 1. The van der Waals surface area contributed by atoms with Crippen LogP contribution < -0.4 is 4.90 Å². The van der Waals surface area contributed by atoms with E-state index in [1.165, 1.54) is 0 Å². The monoisotopic (exact) mass is 345 g/mol. The smallest absolute Gasteiger partial charge is 0.222 e. The first-order chi connectivity index (χ1) is 11.6.